The first-order valence-electron chi connectivity index (χ1n) is 8.47. The van der Waals surface area contributed by atoms with Crippen LogP contribution >= 0.6 is 15.9 Å². The van der Waals surface area contributed by atoms with Crippen molar-refractivity contribution in [1.82, 2.24) is 4.90 Å². The highest BCUT2D eigenvalue weighted by atomic mass is 79.9. The van der Waals surface area contributed by atoms with Crippen molar-refractivity contribution in [1.29, 1.82) is 0 Å². The Labute approximate surface area is 165 Å². The van der Waals surface area contributed by atoms with Crippen LogP contribution in [-0.4, -0.2) is 42.4 Å². The number of hydrogen-bond donors (Lipinski definition) is 0. The van der Waals surface area contributed by atoms with E-state index >= 15 is 0 Å². The number of para-hydroxylation sites is 1. The quantitative estimate of drug-likeness (QED) is 0.381. The second kappa shape index (κ2) is 8.35. The summed E-state index contributed by atoms with van der Waals surface area (Å²) in [5.41, 5.74) is 1.72. The topological polar surface area (TPSA) is 72.9 Å². The van der Waals surface area contributed by atoms with Crippen molar-refractivity contribution in [3.8, 4) is 5.75 Å². The highest BCUT2D eigenvalue weighted by Gasteiger charge is 2.35. The van der Waals surface area contributed by atoms with Gasteiger partial charge in [-0.1, -0.05) is 34.1 Å². The van der Waals surface area contributed by atoms with Gasteiger partial charge >= 0.3 is 5.97 Å². The van der Waals surface area contributed by atoms with Gasteiger partial charge in [0.05, 0.1) is 17.7 Å². The average Bonchev–Trinajstić information content (AvgIpc) is 2.88. The minimum Gasteiger partial charge on any atom is -0.482 e. The lowest BCUT2D eigenvalue weighted by atomic mass is 10.1. The van der Waals surface area contributed by atoms with Gasteiger partial charge in [-0.2, -0.15) is 0 Å². The summed E-state index contributed by atoms with van der Waals surface area (Å²) in [6, 6.07) is 12.4. The van der Waals surface area contributed by atoms with Crippen LogP contribution in [0.1, 0.15) is 32.7 Å². The van der Waals surface area contributed by atoms with E-state index in [0.717, 1.165) is 10.0 Å². The molecule has 0 unspecified atom stereocenters. The van der Waals surface area contributed by atoms with Crippen LogP contribution in [0, 0.1) is 6.92 Å². The Balaban J connectivity index is 1.43. The van der Waals surface area contributed by atoms with Crippen molar-refractivity contribution in [2.24, 2.45) is 0 Å². The number of carbonyl (C=O) groups excluding carboxylic acids is 3. The monoisotopic (exact) mass is 431 g/mol. The number of ether oxygens (including phenoxy) is 2. The molecule has 2 aromatic carbocycles. The maximum Gasteiger partial charge on any atom is 0.344 e. The number of nitrogens with zero attached hydrogens (tertiary/aromatic N) is 1. The molecular formula is C20H18BrNO5. The summed E-state index contributed by atoms with van der Waals surface area (Å²) >= 11 is 3.30. The molecule has 0 saturated heterocycles. The molecule has 140 valence electrons. The van der Waals surface area contributed by atoms with Crippen LogP contribution in [0.5, 0.6) is 5.75 Å². The number of fused-ring (bicyclic) bond motifs is 1. The zero-order valence-electron chi connectivity index (χ0n) is 14.7. The fourth-order valence-corrected chi connectivity index (χ4v) is 3.13. The summed E-state index contributed by atoms with van der Waals surface area (Å²) in [6.45, 7) is 2.00. The lowest BCUT2D eigenvalue weighted by molar-refractivity contribution is -0.146. The van der Waals surface area contributed by atoms with Crippen molar-refractivity contribution < 1.29 is 23.9 Å². The fraction of sp³-hybridized carbons (Fsp3) is 0.250. The van der Waals surface area contributed by atoms with Crippen LogP contribution in [0.3, 0.4) is 0 Å². The third-order valence-corrected chi connectivity index (χ3v) is 4.65. The Bertz CT molecular complexity index is 896. The molecule has 3 rings (SSSR count). The number of halogens is 1. The van der Waals surface area contributed by atoms with Crippen molar-refractivity contribution >= 4 is 33.7 Å². The fourth-order valence-electron chi connectivity index (χ4n) is 2.77. The molecule has 0 bridgehead atoms. The predicted molar refractivity (Wildman–Crippen MR) is 102 cm³/mol. The molecule has 0 spiro atoms. The molecule has 27 heavy (non-hydrogen) atoms. The van der Waals surface area contributed by atoms with Crippen LogP contribution in [0.2, 0.25) is 0 Å². The predicted octanol–water partition coefficient (Wildman–Crippen LogP) is 3.37. The lowest BCUT2D eigenvalue weighted by Gasteiger charge is -2.14. The number of esters is 1. The van der Waals surface area contributed by atoms with Gasteiger partial charge < -0.3 is 9.47 Å². The summed E-state index contributed by atoms with van der Waals surface area (Å²) in [5, 5.41) is 0. The highest BCUT2D eigenvalue weighted by molar-refractivity contribution is 9.10. The van der Waals surface area contributed by atoms with Crippen LogP contribution in [0.25, 0.3) is 0 Å². The van der Waals surface area contributed by atoms with E-state index in [1.165, 1.54) is 4.90 Å². The normalized spacial score (nSPS) is 12.9. The zero-order valence-corrected chi connectivity index (χ0v) is 16.3. The molecular weight excluding hydrogens is 414 g/mol. The van der Waals surface area contributed by atoms with Gasteiger partial charge in [0.2, 0.25) is 0 Å². The van der Waals surface area contributed by atoms with Crippen molar-refractivity contribution in [2.75, 3.05) is 19.8 Å². The van der Waals surface area contributed by atoms with Gasteiger partial charge in [-0.3, -0.25) is 14.5 Å². The third-order valence-electron chi connectivity index (χ3n) is 4.16. The van der Waals surface area contributed by atoms with E-state index in [1.807, 2.05) is 25.1 Å². The number of imide groups is 1. The van der Waals surface area contributed by atoms with Gasteiger partial charge in [-0.15, -0.1) is 0 Å². The first kappa shape index (κ1) is 19.1. The summed E-state index contributed by atoms with van der Waals surface area (Å²) in [5.74, 6) is -0.515. The minimum absolute atomic E-state index is 0.104. The Morgan fingerprint density at radius 1 is 1.07 bits per heavy atom. The van der Waals surface area contributed by atoms with E-state index < -0.39 is 5.97 Å². The van der Waals surface area contributed by atoms with Crippen LogP contribution in [-0.2, 0) is 9.53 Å². The molecule has 6 nitrogen and oxygen atoms in total. The molecule has 0 N–H and O–H groups in total. The van der Waals surface area contributed by atoms with Gasteiger partial charge in [0.1, 0.15) is 5.75 Å². The Kier molecular flexibility index (Phi) is 5.91. The molecule has 0 aliphatic carbocycles. The van der Waals surface area contributed by atoms with Gasteiger partial charge in [-0.25, -0.2) is 4.79 Å². The van der Waals surface area contributed by atoms with Crippen LogP contribution < -0.4 is 4.74 Å². The molecule has 1 aliphatic rings. The summed E-state index contributed by atoms with van der Waals surface area (Å²) < 4.78 is 11.3. The number of amides is 2. The maximum atomic E-state index is 12.3. The molecule has 2 aromatic rings. The van der Waals surface area contributed by atoms with E-state index in [4.69, 9.17) is 9.47 Å². The minimum atomic E-state index is -0.496. The molecule has 1 heterocycles. The molecule has 2 amide bonds. The van der Waals surface area contributed by atoms with E-state index in [1.54, 1.807) is 24.3 Å². The van der Waals surface area contributed by atoms with Crippen LogP contribution in [0.4, 0.5) is 0 Å². The smallest absolute Gasteiger partial charge is 0.344 e. The number of aryl methyl sites for hydroxylation is 1. The maximum absolute atomic E-state index is 12.3. The van der Waals surface area contributed by atoms with Crippen molar-refractivity contribution in [2.45, 2.75) is 13.3 Å². The first-order chi connectivity index (χ1) is 13.0. The molecule has 0 aromatic heterocycles. The Hall–Kier alpha value is -2.67. The molecule has 0 fully saturated rings. The lowest BCUT2D eigenvalue weighted by Crippen LogP contribution is -2.31. The highest BCUT2D eigenvalue weighted by Crippen LogP contribution is 2.26. The first-order valence-corrected chi connectivity index (χ1v) is 9.26. The molecule has 0 saturated carbocycles. The molecule has 1 aliphatic heterocycles. The van der Waals surface area contributed by atoms with E-state index in [-0.39, 0.29) is 31.6 Å². The molecule has 0 atom stereocenters. The van der Waals surface area contributed by atoms with Crippen LogP contribution in [0.15, 0.2) is 46.9 Å². The standard InChI is InChI=1S/C20H18BrNO5/c1-13-5-2-3-6-17(13)27-12-18(23)26-10-4-9-22-19(24)15-8-7-14(21)11-16(15)20(22)25/h2-3,5-8,11H,4,9-10,12H2,1H3. The van der Waals surface area contributed by atoms with Gasteiger partial charge in [0, 0.05) is 11.0 Å². The number of rotatable bonds is 7. The molecule has 7 heteroatoms. The van der Waals surface area contributed by atoms with Gasteiger partial charge in [0.15, 0.2) is 6.61 Å². The second-order valence-corrected chi connectivity index (χ2v) is 7.00. The second-order valence-electron chi connectivity index (χ2n) is 6.08. The largest absolute Gasteiger partial charge is 0.482 e. The average molecular weight is 432 g/mol. The summed E-state index contributed by atoms with van der Waals surface area (Å²) in [6.07, 6.45) is 0.364. The SMILES string of the molecule is Cc1ccccc1OCC(=O)OCCCN1C(=O)c2ccc(Br)cc2C1=O. The van der Waals surface area contributed by atoms with Crippen molar-refractivity contribution in [3.05, 3.63) is 63.6 Å². The number of hydrogen-bond acceptors (Lipinski definition) is 5. The zero-order chi connectivity index (χ0) is 19.4. The summed E-state index contributed by atoms with van der Waals surface area (Å²) in [4.78, 5) is 37.6. The third kappa shape index (κ3) is 4.36. The van der Waals surface area contributed by atoms with E-state index in [9.17, 15) is 14.4 Å². The Morgan fingerprint density at radius 2 is 1.81 bits per heavy atom. The van der Waals surface area contributed by atoms with Gasteiger partial charge in [0.25, 0.3) is 11.8 Å². The van der Waals surface area contributed by atoms with E-state index in [0.29, 0.717) is 23.3 Å². The number of benzene rings is 2. The van der Waals surface area contributed by atoms with Crippen molar-refractivity contribution in [3.63, 3.8) is 0 Å². The van der Waals surface area contributed by atoms with E-state index in [2.05, 4.69) is 15.9 Å². The molecule has 0 radical (unpaired) electrons. The Morgan fingerprint density at radius 3 is 2.59 bits per heavy atom. The summed E-state index contributed by atoms with van der Waals surface area (Å²) in [7, 11) is 0. The van der Waals surface area contributed by atoms with Gasteiger partial charge in [-0.05, 0) is 43.2 Å². The number of carbonyl (C=O) groups is 3.